The highest BCUT2D eigenvalue weighted by Gasteiger charge is 2.29. The molecule has 1 aliphatic carbocycles. The highest BCUT2D eigenvalue weighted by atomic mass is 16.5. The number of carbonyl (C=O) groups excluding carboxylic acids is 1. The van der Waals surface area contributed by atoms with Crippen LogP contribution < -0.4 is 10.1 Å². The van der Waals surface area contributed by atoms with E-state index in [1.165, 1.54) is 11.1 Å². The Labute approximate surface area is 233 Å². The van der Waals surface area contributed by atoms with Gasteiger partial charge in [-0.15, -0.1) is 0 Å². The van der Waals surface area contributed by atoms with Crippen LogP contribution in [-0.2, 0) is 31.2 Å². The molecule has 9 heteroatoms. The molecule has 210 valence electrons. The normalized spacial score (nSPS) is 12.9. The number of nitrogens with zero attached hydrogens (tertiary/aromatic N) is 4. The van der Waals surface area contributed by atoms with Crippen LogP contribution in [0.15, 0.2) is 30.6 Å². The van der Waals surface area contributed by atoms with Gasteiger partial charge in [-0.3, -0.25) is 9.48 Å². The van der Waals surface area contributed by atoms with E-state index in [2.05, 4.69) is 58.1 Å². The van der Waals surface area contributed by atoms with Gasteiger partial charge in [0, 0.05) is 65.3 Å². The van der Waals surface area contributed by atoms with Crippen molar-refractivity contribution in [3.05, 3.63) is 41.9 Å². The van der Waals surface area contributed by atoms with Gasteiger partial charge in [-0.25, -0.2) is 0 Å². The average Bonchev–Trinajstić information content (AvgIpc) is 3.61. The second-order valence-corrected chi connectivity index (χ2v) is 11.1. The van der Waals surface area contributed by atoms with Crippen molar-refractivity contribution < 1.29 is 14.6 Å². The second-order valence-electron chi connectivity index (χ2n) is 11.1. The van der Waals surface area contributed by atoms with Gasteiger partial charge in [0.2, 0.25) is 0 Å². The summed E-state index contributed by atoms with van der Waals surface area (Å²) in [5, 5.41) is 22.6. The summed E-state index contributed by atoms with van der Waals surface area (Å²) in [4.78, 5) is 17.7. The molecule has 0 unspecified atom stereocenters. The second kappa shape index (κ2) is 10.5. The number of aryl methyl sites for hydroxylation is 4. The zero-order valence-corrected chi connectivity index (χ0v) is 23.8. The Hall–Kier alpha value is -3.98. The molecule has 40 heavy (non-hydrogen) atoms. The molecule has 0 saturated heterocycles. The summed E-state index contributed by atoms with van der Waals surface area (Å²) in [6, 6.07) is 6.06. The van der Waals surface area contributed by atoms with Gasteiger partial charge < -0.3 is 29.6 Å². The van der Waals surface area contributed by atoms with Crippen LogP contribution >= 0.6 is 0 Å². The van der Waals surface area contributed by atoms with Crippen LogP contribution in [0.1, 0.15) is 37.4 Å². The quantitative estimate of drug-likeness (QED) is 0.222. The molecule has 3 N–H and O–H groups in total. The Balaban J connectivity index is 1.33. The molecule has 3 aromatic heterocycles. The molecule has 0 radical (unpaired) electrons. The minimum atomic E-state index is -0.108. The Bertz CT molecular complexity index is 1720. The number of aromatic nitrogens is 4. The fraction of sp³-hybridized carbons (Fsp3) is 0.419. The van der Waals surface area contributed by atoms with E-state index in [1.54, 1.807) is 0 Å². The predicted octanol–water partition coefficient (Wildman–Crippen LogP) is 4.73. The molecule has 0 fully saturated rings. The molecule has 0 saturated carbocycles. The van der Waals surface area contributed by atoms with Crippen LogP contribution in [0.3, 0.4) is 0 Å². The third kappa shape index (κ3) is 4.48. The van der Waals surface area contributed by atoms with Gasteiger partial charge in [0.1, 0.15) is 5.75 Å². The van der Waals surface area contributed by atoms with Crippen LogP contribution in [0, 0.1) is 0 Å². The van der Waals surface area contributed by atoms with Crippen molar-refractivity contribution in [3.63, 3.8) is 0 Å². The maximum absolute atomic E-state index is 12.4. The molecular formula is C31H38N6O3. The standard InChI is InChI=1S/C31H38N6O3/c1-5-37-25-12-9-19(40-18-26(38)32-13-7-6-8-14-35(2)3)15-21(25)28-22-16-33-31(39)29(22)27-20(30(28)37)10-11-24-23(27)17-36(4)34-24/h9,12,15-17,33,39H,5-8,10-11,13-14,18H2,1-4H3,(H,32,38). The first kappa shape index (κ1) is 26.3. The first-order chi connectivity index (χ1) is 19.4. The molecule has 0 spiro atoms. The Morgan fingerprint density at radius 1 is 1.18 bits per heavy atom. The number of aromatic amines is 1. The summed E-state index contributed by atoms with van der Waals surface area (Å²) in [5.74, 6) is 0.722. The summed E-state index contributed by atoms with van der Waals surface area (Å²) in [6.07, 6.45) is 8.86. The van der Waals surface area contributed by atoms with E-state index in [9.17, 15) is 9.90 Å². The third-order valence-corrected chi connectivity index (χ3v) is 8.08. The fourth-order valence-electron chi connectivity index (χ4n) is 6.34. The van der Waals surface area contributed by atoms with E-state index in [4.69, 9.17) is 4.74 Å². The minimum absolute atomic E-state index is 0.0187. The van der Waals surface area contributed by atoms with Crippen LogP contribution in [0.2, 0.25) is 0 Å². The van der Waals surface area contributed by atoms with Crippen molar-refractivity contribution in [3.8, 4) is 22.8 Å². The van der Waals surface area contributed by atoms with Crippen molar-refractivity contribution in [1.29, 1.82) is 0 Å². The van der Waals surface area contributed by atoms with Gasteiger partial charge in [-0.2, -0.15) is 5.10 Å². The van der Waals surface area contributed by atoms with Crippen LogP contribution in [0.5, 0.6) is 11.6 Å². The lowest BCUT2D eigenvalue weighted by Gasteiger charge is -2.20. The fourth-order valence-corrected chi connectivity index (χ4v) is 6.34. The number of aromatic hydroxyl groups is 1. The Morgan fingerprint density at radius 2 is 2.02 bits per heavy atom. The number of rotatable bonds is 10. The van der Waals surface area contributed by atoms with Crippen LogP contribution in [0.4, 0.5) is 0 Å². The number of hydrogen-bond acceptors (Lipinski definition) is 5. The molecule has 0 atom stereocenters. The lowest BCUT2D eigenvalue weighted by atomic mass is 9.85. The molecule has 6 rings (SSSR count). The lowest BCUT2D eigenvalue weighted by molar-refractivity contribution is -0.123. The Kier molecular flexibility index (Phi) is 6.92. The largest absolute Gasteiger partial charge is 0.494 e. The van der Waals surface area contributed by atoms with Gasteiger partial charge in [-0.05, 0) is 77.0 Å². The van der Waals surface area contributed by atoms with Crippen molar-refractivity contribution >= 4 is 38.5 Å². The first-order valence-electron chi connectivity index (χ1n) is 14.2. The number of amides is 1. The molecule has 3 heterocycles. The van der Waals surface area contributed by atoms with Gasteiger partial charge in [-0.1, -0.05) is 6.42 Å². The monoisotopic (exact) mass is 542 g/mol. The van der Waals surface area contributed by atoms with Crippen molar-refractivity contribution in [1.82, 2.24) is 29.5 Å². The molecule has 0 bridgehead atoms. The summed E-state index contributed by atoms with van der Waals surface area (Å²) in [7, 11) is 6.10. The number of H-pyrrole nitrogens is 1. The van der Waals surface area contributed by atoms with Crippen molar-refractivity contribution in [2.75, 3.05) is 33.8 Å². The molecule has 5 aromatic rings. The van der Waals surface area contributed by atoms with Crippen LogP contribution in [0.25, 0.3) is 43.7 Å². The number of ether oxygens (including phenoxy) is 1. The topological polar surface area (TPSA) is 100 Å². The van der Waals surface area contributed by atoms with Crippen LogP contribution in [-0.4, -0.2) is 69.0 Å². The number of benzene rings is 2. The molecule has 2 aromatic carbocycles. The smallest absolute Gasteiger partial charge is 0.257 e. The average molecular weight is 543 g/mol. The Morgan fingerprint density at radius 3 is 2.83 bits per heavy atom. The number of carbonyl (C=O) groups is 1. The van der Waals surface area contributed by atoms with Gasteiger partial charge >= 0.3 is 0 Å². The van der Waals surface area contributed by atoms with E-state index in [0.717, 1.165) is 89.1 Å². The highest BCUT2D eigenvalue weighted by molar-refractivity contribution is 6.26. The van der Waals surface area contributed by atoms with Crippen molar-refractivity contribution in [2.24, 2.45) is 7.05 Å². The maximum Gasteiger partial charge on any atom is 0.257 e. The van der Waals surface area contributed by atoms with E-state index < -0.39 is 0 Å². The van der Waals surface area contributed by atoms with E-state index in [-0.39, 0.29) is 18.4 Å². The number of hydrogen-bond donors (Lipinski definition) is 3. The van der Waals surface area contributed by atoms with Gasteiger partial charge in [0.25, 0.3) is 5.91 Å². The first-order valence-corrected chi connectivity index (χ1v) is 14.2. The third-order valence-electron chi connectivity index (χ3n) is 8.08. The van der Waals surface area contributed by atoms with E-state index >= 15 is 0 Å². The molecule has 9 nitrogen and oxygen atoms in total. The maximum atomic E-state index is 12.4. The number of nitrogens with one attached hydrogen (secondary N) is 2. The lowest BCUT2D eigenvalue weighted by Crippen LogP contribution is -2.29. The summed E-state index contributed by atoms with van der Waals surface area (Å²) < 4.78 is 10.2. The molecule has 1 aliphatic rings. The molecular weight excluding hydrogens is 504 g/mol. The summed E-state index contributed by atoms with van der Waals surface area (Å²) in [5.41, 5.74) is 6.77. The molecule has 0 aliphatic heterocycles. The summed E-state index contributed by atoms with van der Waals surface area (Å²) in [6.45, 7) is 4.69. The highest BCUT2D eigenvalue weighted by Crippen LogP contribution is 2.49. The van der Waals surface area contributed by atoms with Gasteiger partial charge in [0.15, 0.2) is 12.5 Å². The zero-order valence-electron chi connectivity index (χ0n) is 23.8. The molecule has 1 amide bonds. The van der Waals surface area contributed by atoms with E-state index in [0.29, 0.717) is 12.3 Å². The number of fused-ring (bicyclic) bond motifs is 10. The zero-order chi connectivity index (χ0) is 28.0. The SMILES string of the molecule is CCn1c2ccc(OCC(=O)NCCCCCN(C)C)cc2c2c3c[nH]c(O)c3c3c(c21)CCc1nn(C)cc1-3. The predicted molar refractivity (Wildman–Crippen MR) is 159 cm³/mol. The number of unbranched alkanes of at least 4 members (excludes halogenated alkanes) is 2. The van der Waals surface area contributed by atoms with E-state index in [1.807, 2.05) is 30.1 Å². The van der Waals surface area contributed by atoms with Crippen molar-refractivity contribution in [2.45, 2.75) is 45.6 Å². The van der Waals surface area contributed by atoms with Gasteiger partial charge in [0.05, 0.1) is 16.6 Å². The minimum Gasteiger partial charge on any atom is -0.494 e. The summed E-state index contributed by atoms with van der Waals surface area (Å²) >= 11 is 0.